The van der Waals surface area contributed by atoms with Crippen molar-refractivity contribution in [2.24, 2.45) is 0 Å². The van der Waals surface area contributed by atoms with Gasteiger partial charge in [-0.1, -0.05) is 24.6 Å². The van der Waals surface area contributed by atoms with E-state index in [1.807, 2.05) is 4.90 Å². The van der Waals surface area contributed by atoms with Crippen LogP contribution in [0.15, 0.2) is 10.7 Å². The average molecular weight is 309 g/mol. The zero-order valence-corrected chi connectivity index (χ0v) is 12.8. The summed E-state index contributed by atoms with van der Waals surface area (Å²) < 4.78 is 5.37. The minimum Gasteiger partial charge on any atom is -0.431 e. The first-order valence-corrected chi connectivity index (χ1v) is 8.18. The van der Waals surface area contributed by atoms with E-state index in [0.717, 1.165) is 25.9 Å². The number of anilines is 1. The number of amides is 1. The number of carbonyl (C=O) groups excluding carboxylic acids is 2. The maximum absolute atomic E-state index is 12.1. The van der Waals surface area contributed by atoms with E-state index in [2.05, 4.69) is 10.3 Å². The standard InChI is InChI=1S/C14H19N3O3S/c1-9(18)21-11-6-17(7-11)14-16-12(8-20-14)13(19)15-10-4-2-3-5-10/h8,10-11H,2-7H2,1H3,(H,15,19). The number of rotatable bonds is 4. The number of oxazole rings is 1. The third-order valence-electron chi connectivity index (χ3n) is 3.87. The summed E-state index contributed by atoms with van der Waals surface area (Å²) in [5.41, 5.74) is 0.333. The molecule has 0 radical (unpaired) electrons. The smallest absolute Gasteiger partial charge is 0.298 e. The molecular weight excluding hydrogens is 290 g/mol. The molecule has 1 aromatic heterocycles. The molecule has 21 heavy (non-hydrogen) atoms. The topological polar surface area (TPSA) is 75.4 Å². The molecule has 1 saturated heterocycles. The minimum atomic E-state index is -0.160. The zero-order chi connectivity index (χ0) is 14.8. The van der Waals surface area contributed by atoms with E-state index in [4.69, 9.17) is 4.42 Å². The fourth-order valence-corrected chi connectivity index (χ4v) is 3.73. The molecule has 0 aromatic carbocycles. The van der Waals surface area contributed by atoms with Crippen LogP contribution in [-0.2, 0) is 4.79 Å². The van der Waals surface area contributed by atoms with Crippen LogP contribution in [-0.4, -0.2) is 40.4 Å². The Balaban J connectivity index is 1.52. The monoisotopic (exact) mass is 309 g/mol. The first-order chi connectivity index (χ1) is 10.1. The SMILES string of the molecule is CC(=O)SC1CN(c2nc(C(=O)NC3CCCC3)co2)C1. The molecule has 2 aliphatic rings. The Morgan fingerprint density at radius 2 is 2.10 bits per heavy atom. The number of hydrogen-bond acceptors (Lipinski definition) is 6. The molecule has 1 aromatic rings. The summed E-state index contributed by atoms with van der Waals surface area (Å²) in [6.45, 7) is 3.03. The van der Waals surface area contributed by atoms with Gasteiger partial charge in [-0.15, -0.1) is 0 Å². The minimum absolute atomic E-state index is 0.128. The highest BCUT2D eigenvalue weighted by molar-refractivity contribution is 8.14. The highest BCUT2D eigenvalue weighted by atomic mass is 32.2. The molecular formula is C14H19N3O3S. The molecule has 114 valence electrons. The lowest BCUT2D eigenvalue weighted by Gasteiger charge is -2.36. The Labute approximate surface area is 127 Å². The summed E-state index contributed by atoms with van der Waals surface area (Å²) in [5.74, 6) is -0.160. The maximum Gasteiger partial charge on any atom is 0.298 e. The molecule has 1 saturated carbocycles. The van der Waals surface area contributed by atoms with Crippen LogP contribution in [0.25, 0.3) is 0 Å². The van der Waals surface area contributed by atoms with Gasteiger partial charge in [0, 0.05) is 31.3 Å². The second kappa shape index (κ2) is 6.09. The fourth-order valence-electron chi connectivity index (χ4n) is 2.75. The van der Waals surface area contributed by atoms with Crippen LogP contribution < -0.4 is 10.2 Å². The van der Waals surface area contributed by atoms with Gasteiger partial charge in [-0.2, -0.15) is 4.98 Å². The van der Waals surface area contributed by atoms with Crippen LogP contribution in [0.4, 0.5) is 6.01 Å². The van der Waals surface area contributed by atoms with Gasteiger partial charge in [0.1, 0.15) is 6.26 Å². The average Bonchev–Trinajstić information content (AvgIpc) is 3.03. The van der Waals surface area contributed by atoms with E-state index < -0.39 is 0 Å². The third-order valence-corrected chi connectivity index (χ3v) is 4.83. The molecule has 0 spiro atoms. The van der Waals surface area contributed by atoms with Crippen molar-refractivity contribution in [3.63, 3.8) is 0 Å². The van der Waals surface area contributed by atoms with Gasteiger partial charge in [0.15, 0.2) is 10.8 Å². The lowest BCUT2D eigenvalue weighted by atomic mass is 10.2. The number of nitrogens with one attached hydrogen (secondary N) is 1. The summed E-state index contributed by atoms with van der Waals surface area (Å²) >= 11 is 1.34. The van der Waals surface area contributed by atoms with Crippen LogP contribution in [0, 0.1) is 0 Å². The van der Waals surface area contributed by atoms with E-state index in [0.29, 0.717) is 17.0 Å². The van der Waals surface area contributed by atoms with E-state index in [1.54, 1.807) is 6.92 Å². The second-order valence-electron chi connectivity index (χ2n) is 5.61. The van der Waals surface area contributed by atoms with Crippen molar-refractivity contribution in [1.82, 2.24) is 10.3 Å². The molecule has 1 aliphatic carbocycles. The predicted octanol–water partition coefficient (Wildman–Crippen LogP) is 1.82. The molecule has 2 heterocycles. The predicted molar refractivity (Wildman–Crippen MR) is 80.5 cm³/mol. The third kappa shape index (κ3) is 3.40. The summed E-state index contributed by atoms with van der Waals surface area (Å²) in [4.78, 5) is 29.2. The fraction of sp³-hybridized carbons (Fsp3) is 0.643. The molecule has 0 unspecified atom stereocenters. The number of hydrogen-bond donors (Lipinski definition) is 1. The summed E-state index contributed by atoms with van der Waals surface area (Å²) in [6.07, 6.45) is 5.86. The van der Waals surface area contributed by atoms with Crippen molar-refractivity contribution in [3.8, 4) is 0 Å². The highest BCUT2D eigenvalue weighted by Gasteiger charge is 2.32. The number of thioether (sulfide) groups is 1. The molecule has 1 aliphatic heterocycles. The molecule has 6 nitrogen and oxygen atoms in total. The Morgan fingerprint density at radius 1 is 1.38 bits per heavy atom. The van der Waals surface area contributed by atoms with Crippen molar-refractivity contribution in [2.45, 2.75) is 43.9 Å². The van der Waals surface area contributed by atoms with Crippen molar-refractivity contribution < 1.29 is 14.0 Å². The van der Waals surface area contributed by atoms with Gasteiger partial charge in [0.2, 0.25) is 0 Å². The quantitative estimate of drug-likeness (QED) is 0.914. The molecule has 0 atom stereocenters. The Morgan fingerprint density at radius 3 is 2.76 bits per heavy atom. The molecule has 1 amide bonds. The van der Waals surface area contributed by atoms with Gasteiger partial charge >= 0.3 is 0 Å². The number of nitrogens with zero attached hydrogens (tertiary/aromatic N) is 2. The normalized spacial score (nSPS) is 19.6. The lowest BCUT2D eigenvalue weighted by Crippen LogP contribution is -2.49. The zero-order valence-electron chi connectivity index (χ0n) is 12.0. The van der Waals surface area contributed by atoms with Crippen molar-refractivity contribution in [1.29, 1.82) is 0 Å². The van der Waals surface area contributed by atoms with Crippen molar-refractivity contribution in [3.05, 3.63) is 12.0 Å². The second-order valence-corrected chi connectivity index (χ2v) is 7.08. The number of aromatic nitrogens is 1. The molecule has 0 bridgehead atoms. The summed E-state index contributed by atoms with van der Waals surface area (Å²) in [5, 5.41) is 3.41. The van der Waals surface area contributed by atoms with Crippen LogP contribution in [0.2, 0.25) is 0 Å². The van der Waals surface area contributed by atoms with Crippen molar-refractivity contribution in [2.75, 3.05) is 18.0 Å². The van der Waals surface area contributed by atoms with Crippen LogP contribution in [0.1, 0.15) is 43.1 Å². The van der Waals surface area contributed by atoms with Crippen LogP contribution in [0.3, 0.4) is 0 Å². The van der Waals surface area contributed by atoms with Crippen molar-refractivity contribution >= 4 is 28.8 Å². The summed E-state index contributed by atoms with van der Waals surface area (Å²) in [7, 11) is 0. The Bertz CT molecular complexity index is 533. The molecule has 3 rings (SSSR count). The number of carbonyl (C=O) groups is 2. The van der Waals surface area contributed by atoms with Crippen LogP contribution >= 0.6 is 11.8 Å². The van der Waals surface area contributed by atoms with Gasteiger partial charge in [-0.25, -0.2) is 0 Å². The van der Waals surface area contributed by atoms with E-state index >= 15 is 0 Å². The maximum atomic E-state index is 12.1. The van der Waals surface area contributed by atoms with E-state index in [9.17, 15) is 9.59 Å². The van der Waals surface area contributed by atoms with Gasteiger partial charge in [-0.3, -0.25) is 9.59 Å². The first kappa shape index (κ1) is 14.4. The first-order valence-electron chi connectivity index (χ1n) is 7.30. The van der Waals surface area contributed by atoms with Gasteiger partial charge in [-0.05, 0) is 12.8 Å². The molecule has 2 fully saturated rings. The Kier molecular flexibility index (Phi) is 4.19. The Hall–Kier alpha value is -1.50. The molecule has 7 heteroatoms. The van der Waals surface area contributed by atoms with Gasteiger partial charge < -0.3 is 14.6 Å². The van der Waals surface area contributed by atoms with Gasteiger partial charge in [0.25, 0.3) is 11.9 Å². The van der Waals surface area contributed by atoms with E-state index in [-0.39, 0.29) is 17.1 Å². The summed E-state index contributed by atoms with van der Waals surface area (Å²) in [6, 6.07) is 0.741. The van der Waals surface area contributed by atoms with Crippen LogP contribution in [0.5, 0.6) is 0 Å². The lowest BCUT2D eigenvalue weighted by molar-refractivity contribution is -0.109. The molecule has 1 N–H and O–H groups in total. The highest BCUT2D eigenvalue weighted by Crippen LogP contribution is 2.27. The van der Waals surface area contributed by atoms with Gasteiger partial charge in [0.05, 0.1) is 0 Å². The largest absolute Gasteiger partial charge is 0.431 e. The van der Waals surface area contributed by atoms with E-state index in [1.165, 1.54) is 30.9 Å².